The number of phenols is 1. The molecule has 0 saturated carbocycles. The van der Waals surface area contributed by atoms with Gasteiger partial charge in [0.25, 0.3) is 0 Å². The lowest BCUT2D eigenvalue weighted by molar-refractivity contribution is -0.0503. The van der Waals surface area contributed by atoms with E-state index in [2.05, 4.69) is 22.9 Å². The number of piperidine rings is 3. The van der Waals surface area contributed by atoms with Crippen molar-refractivity contribution in [3.8, 4) is 5.75 Å². The second-order valence-electron chi connectivity index (χ2n) is 7.26. The number of allylic oxidation sites excluding steroid dienone is 1. The van der Waals surface area contributed by atoms with Crippen LogP contribution in [0.5, 0.6) is 5.75 Å². The third kappa shape index (κ3) is 1.68. The van der Waals surface area contributed by atoms with Crippen LogP contribution in [0.25, 0.3) is 10.9 Å². The van der Waals surface area contributed by atoms with Crippen molar-refractivity contribution >= 4 is 10.9 Å². The second kappa shape index (κ2) is 4.62. The first kappa shape index (κ1) is 13.6. The van der Waals surface area contributed by atoms with Crippen LogP contribution in [0.2, 0.25) is 0 Å². The lowest BCUT2D eigenvalue weighted by Crippen LogP contribution is -2.60. The molecule has 3 saturated heterocycles. The van der Waals surface area contributed by atoms with Crippen LogP contribution in [-0.2, 0) is 6.42 Å². The molecule has 1 aromatic carbocycles. The number of rotatable bonds is 1. The average molecular weight is 310 g/mol. The summed E-state index contributed by atoms with van der Waals surface area (Å²) in [4.78, 5) is 6.21. The molecule has 5 atom stereocenters. The van der Waals surface area contributed by atoms with Crippen LogP contribution in [0.4, 0.5) is 0 Å². The zero-order valence-corrected chi connectivity index (χ0v) is 13.3. The van der Waals surface area contributed by atoms with Crippen LogP contribution < -0.4 is 0 Å². The molecule has 4 aliphatic heterocycles. The molecule has 1 aromatic heterocycles. The van der Waals surface area contributed by atoms with E-state index in [0.29, 0.717) is 29.7 Å². The Balaban J connectivity index is 1.68. The molecular formula is C19H22N2O2. The van der Waals surface area contributed by atoms with Gasteiger partial charge in [0.2, 0.25) is 0 Å². The number of benzene rings is 1. The molecule has 4 aliphatic rings. The largest absolute Gasteiger partial charge is 0.508 e. The molecular weight excluding hydrogens is 288 g/mol. The van der Waals surface area contributed by atoms with Crippen molar-refractivity contribution in [1.29, 1.82) is 0 Å². The van der Waals surface area contributed by atoms with Gasteiger partial charge in [-0.2, -0.15) is 0 Å². The van der Waals surface area contributed by atoms with Crippen LogP contribution in [-0.4, -0.2) is 39.3 Å². The van der Waals surface area contributed by atoms with E-state index in [4.69, 9.17) is 0 Å². The maximum Gasteiger partial charge on any atom is 0.116 e. The highest BCUT2D eigenvalue weighted by atomic mass is 16.3. The number of phenolic OH excluding ortho intramolecular Hbond substituents is 1. The van der Waals surface area contributed by atoms with Crippen molar-refractivity contribution in [2.24, 2.45) is 11.8 Å². The summed E-state index contributed by atoms with van der Waals surface area (Å²) in [7, 11) is 0. The maximum absolute atomic E-state index is 9.99. The number of fused-ring (bicyclic) bond motifs is 4. The summed E-state index contributed by atoms with van der Waals surface area (Å²) in [5.74, 6) is 1.17. The van der Waals surface area contributed by atoms with Crippen LogP contribution >= 0.6 is 0 Å². The predicted octanol–water partition coefficient (Wildman–Crippen LogP) is 2.73. The molecule has 120 valence electrons. The Morgan fingerprint density at radius 2 is 2.26 bits per heavy atom. The van der Waals surface area contributed by atoms with E-state index in [-0.39, 0.29) is 6.61 Å². The first-order chi connectivity index (χ1) is 11.2. The van der Waals surface area contributed by atoms with E-state index in [1.165, 1.54) is 16.8 Å². The first-order valence-corrected chi connectivity index (χ1v) is 8.56. The Bertz CT molecular complexity index is 822. The van der Waals surface area contributed by atoms with E-state index < -0.39 is 0 Å². The van der Waals surface area contributed by atoms with Gasteiger partial charge in [-0.05, 0) is 49.4 Å². The lowest BCUT2D eigenvalue weighted by atomic mass is 9.64. The topological polar surface area (TPSA) is 59.5 Å². The SMILES string of the molecule is C/C=C1/CN2[C@H]3C[C@@H]1[C@@H](CO)[C@@H]2Cc1c3[nH]c2ccc(O)cc12. The Kier molecular flexibility index (Phi) is 2.74. The summed E-state index contributed by atoms with van der Waals surface area (Å²) in [5.41, 5.74) is 5.29. The highest BCUT2D eigenvalue weighted by molar-refractivity contribution is 5.86. The maximum atomic E-state index is 9.99. The minimum absolute atomic E-state index is 0.263. The lowest BCUT2D eigenvalue weighted by Gasteiger charge is -2.58. The number of hydrogen-bond donors (Lipinski definition) is 3. The summed E-state index contributed by atoms with van der Waals surface area (Å²) in [5, 5.41) is 21.0. The standard InChI is InChI=1S/C19H22N2O2/c1-2-10-8-21-17-7-14-13-5-11(23)3-4-16(13)20-19(14)18(21)6-12(10)15(17)9-22/h2-5,12,15,17-18,20,22-23H,6-9H2,1H3/b10-2-/t12-,15+,17-,18-/m0/s1. The predicted molar refractivity (Wildman–Crippen MR) is 89.3 cm³/mol. The molecule has 2 aromatic rings. The highest BCUT2D eigenvalue weighted by Crippen LogP contribution is 2.54. The van der Waals surface area contributed by atoms with E-state index in [0.717, 1.165) is 30.3 Å². The number of hydrogen-bond acceptors (Lipinski definition) is 3. The van der Waals surface area contributed by atoms with E-state index >= 15 is 0 Å². The van der Waals surface area contributed by atoms with Crippen LogP contribution in [0.1, 0.15) is 30.6 Å². The van der Waals surface area contributed by atoms with Gasteiger partial charge in [0, 0.05) is 41.7 Å². The summed E-state index contributed by atoms with van der Waals surface area (Å²) in [6.45, 7) is 3.42. The van der Waals surface area contributed by atoms with Gasteiger partial charge in [0.15, 0.2) is 0 Å². The van der Waals surface area contributed by atoms with Crippen molar-refractivity contribution in [3.05, 3.63) is 41.1 Å². The fraction of sp³-hybridized carbons (Fsp3) is 0.474. The van der Waals surface area contributed by atoms with Gasteiger partial charge in [0.1, 0.15) is 5.75 Å². The Labute approximate surface area is 135 Å². The third-order valence-corrected chi connectivity index (χ3v) is 6.41. The zero-order chi connectivity index (χ0) is 15.7. The normalized spacial score (nSPS) is 36.6. The van der Waals surface area contributed by atoms with Crippen LogP contribution in [0.3, 0.4) is 0 Å². The van der Waals surface area contributed by atoms with Crippen molar-refractivity contribution in [3.63, 3.8) is 0 Å². The third-order valence-electron chi connectivity index (χ3n) is 6.41. The summed E-state index contributed by atoms with van der Waals surface area (Å²) in [6, 6.07) is 6.44. The summed E-state index contributed by atoms with van der Waals surface area (Å²) in [6.07, 6.45) is 4.31. The quantitative estimate of drug-likeness (QED) is 0.710. The Morgan fingerprint density at radius 1 is 1.39 bits per heavy atom. The van der Waals surface area contributed by atoms with Gasteiger partial charge in [0.05, 0.1) is 6.04 Å². The molecule has 5 heterocycles. The number of aromatic nitrogens is 1. The minimum atomic E-state index is 0.263. The number of aliphatic hydroxyl groups excluding tert-OH is 1. The molecule has 0 amide bonds. The fourth-order valence-corrected chi connectivity index (χ4v) is 5.35. The molecule has 0 spiro atoms. The molecule has 6 rings (SSSR count). The van der Waals surface area contributed by atoms with Crippen LogP contribution in [0.15, 0.2) is 29.8 Å². The number of H-pyrrole nitrogens is 1. The Morgan fingerprint density at radius 3 is 3.04 bits per heavy atom. The minimum Gasteiger partial charge on any atom is -0.508 e. The van der Waals surface area contributed by atoms with Crippen molar-refractivity contribution in [2.45, 2.75) is 31.8 Å². The van der Waals surface area contributed by atoms with Gasteiger partial charge in [-0.3, -0.25) is 4.90 Å². The molecule has 0 radical (unpaired) electrons. The number of aromatic hydroxyl groups is 1. The monoisotopic (exact) mass is 310 g/mol. The second-order valence-corrected chi connectivity index (χ2v) is 7.26. The molecule has 1 unspecified atom stereocenters. The van der Waals surface area contributed by atoms with Crippen molar-refractivity contribution < 1.29 is 10.2 Å². The summed E-state index contributed by atoms with van der Waals surface area (Å²) < 4.78 is 0. The molecule has 4 nitrogen and oxygen atoms in total. The number of nitrogens with one attached hydrogen (secondary N) is 1. The van der Waals surface area contributed by atoms with E-state index in [9.17, 15) is 10.2 Å². The van der Waals surface area contributed by atoms with E-state index in [1.807, 2.05) is 12.1 Å². The smallest absolute Gasteiger partial charge is 0.116 e. The molecule has 3 fully saturated rings. The molecule has 23 heavy (non-hydrogen) atoms. The highest BCUT2D eigenvalue weighted by Gasteiger charge is 2.52. The molecule has 4 bridgehead atoms. The van der Waals surface area contributed by atoms with Gasteiger partial charge < -0.3 is 15.2 Å². The first-order valence-electron chi connectivity index (χ1n) is 8.56. The molecule has 3 N–H and O–H groups in total. The van der Waals surface area contributed by atoms with Crippen molar-refractivity contribution in [1.82, 2.24) is 9.88 Å². The van der Waals surface area contributed by atoms with Gasteiger partial charge in [-0.1, -0.05) is 11.6 Å². The van der Waals surface area contributed by atoms with Gasteiger partial charge in [-0.15, -0.1) is 0 Å². The van der Waals surface area contributed by atoms with Crippen LogP contribution in [0, 0.1) is 11.8 Å². The molecule has 0 aliphatic carbocycles. The Hall–Kier alpha value is -1.78. The fourth-order valence-electron chi connectivity index (χ4n) is 5.35. The van der Waals surface area contributed by atoms with Gasteiger partial charge in [-0.25, -0.2) is 0 Å². The number of aliphatic hydroxyl groups is 1. The average Bonchev–Trinajstić information content (AvgIpc) is 2.92. The molecule has 4 heteroatoms. The van der Waals surface area contributed by atoms with E-state index in [1.54, 1.807) is 6.07 Å². The van der Waals surface area contributed by atoms with Gasteiger partial charge >= 0.3 is 0 Å². The summed E-state index contributed by atoms with van der Waals surface area (Å²) >= 11 is 0. The van der Waals surface area contributed by atoms with Crippen molar-refractivity contribution in [2.75, 3.05) is 13.2 Å². The number of nitrogens with zero attached hydrogens (tertiary/aromatic N) is 1. The number of aromatic amines is 1. The zero-order valence-electron chi connectivity index (χ0n) is 13.3.